The number of benzene rings is 1. The molecule has 3 heterocycles. The normalized spacial score (nSPS) is 17.3. The Labute approximate surface area is 166 Å². The third kappa shape index (κ3) is 3.30. The van der Waals surface area contributed by atoms with Crippen molar-refractivity contribution >= 4 is 16.9 Å². The van der Waals surface area contributed by atoms with Gasteiger partial charge in [0.15, 0.2) is 5.65 Å². The smallest absolute Gasteiger partial charge is 0.254 e. The number of piperidine rings is 1. The summed E-state index contributed by atoms with van der Waals surface area (Å²) in [5, 5.41) is 5.53. The van der Waals surface area contributed by atoms with Crippen molar-refractivity contribution in [1.82, 2.24) is 19.7 Å². The molecule has 1 aliphatic rings. The second kappa shape index (κ2) is 7.38. The Morgan fingerprint density at radius 3 is 2.64 bits per heavy atom. The molecule has 0 spiro atoms. The quantitative estimate of drug-likeness (QED) is 0.671. The van der Waals surface area contributed by atoms with Gasteiger partial charge in [-0.05, 0) is 45.6 Å². The first-order chi connectivity index (χ1) is 13.5. The number of pyridine rings is 1. The van der Waals surface area contributed by atoms with Crippen LogP contribution in [0.15, 0.2) is 30.3 Å². The number of rotatable bonds is 3. The largest absolute Gasteiger partial charge is 0.338 e. The van der Waals surface area contributed by atoms with Crippen molar-refractivity contribution in [3.63, 3.8) is 0 Å². The van der Waals surface area contributed by atoms with Crippen LogP contribution in [0.2, 0.25) is 0 Å². The van der Waals surface area contributed by atoms with Crippen LogP contribution in [0.1, 0.15) is 48.3 Å². The van der Waals surface area contributed by atoms with Crippen LogP contribution in [0.3, 0.4) is 0 Å². The first-order valence-electron chi connectivity index (χ1n) is 10.2. The van der Waals surface area contributed by atoms with E-state index in [-0.39, 0.29) is 5.91 Å². The van der Waals surface area contributed by atoms with Gasteiger partial charge in [-0.2, -0.15) is 5.10 Å². The molecule has 1 fully saturated rings. The zero-order chi connectivity index (χ0) is 19.8. The Morgan fingerprint density at radius 2 is 1.96 bits per heavy atom. The van der Waals surface area contributed by atoms with Gasteiger partial charge in [0.1, 0.15) is 0 Å². The fraction of sp³-hybridized carbons (Fsp3) is 0.435. The maximum atomic E-state index is 13.5. The minimum atomic E-state index is 0.103. The lowest BCUT2D eigenvalue weighted by molar-refractivity contribution is 0.0685. The molecule has 1 atom stereocenters. The van der Waals surface area contributed by atoms with Gasteiger partial charge in [0.2, 0.25) is 0 Å². The molecule has 0 bridgehead atoms. The molecule has 0 unspecified atom stereocenters. The lowest BCUT2D eigenvalue weighted by Crippen LogP contribution is -2.39. The molecular formula is C23H28N4O. The Balaban J connectivity index is 1.89. The topological polar surface area (TPSA) is 51.0 Å². The summed E-state index contributed by atoms with van der Waals surface area (Å²) in [5.74, 6) is 0.650. The fourth-order valence-corrected chi connectivity index (χ4v) is 4.16. The van der Waals surface area contributed by atoms with Crippen LogP contribution >= 0.6 is 0 Å². The van der Waals surface area contributed by atoms with Crippen LogP contribution in [-0.4, -0.2) is 38.7 Å². The van der Waals surface area contributed by atoms with Crippen molar-refractivity contribution in [2.45, 2.75) is 47.1 Å². The molecule has 1 aliphatic heterocycles. The predicted molar refractivity (Wildman–Crippen MR) is 112 cm³/mol. The minimum absolute atomic E-state index is 0.103. The van der Waals surface area contributed by atoms with E-state index in [1.807, 2.05) is 22.6 Å². The summed E-state index contributed by atoms with van der Waals surface area (Å²) >= 11 is 0. The molecule has 5 nitrogen and oxygen atoms in total. The number of aryl methyl sites for hydroxylation is 3. The predicted octanol–water partition coefficient (Wildman–Crippen LogP) is 4.61. The highest BCUT2D eigenvalue weighted by Crippen LogP contribution is 2.29. The second-order valence-electron chi connectivity index (χ2n) is 8.02. The third-order valence-electron chi connectivity index (χ3n) is 5.70. The van der Waals surface area contributed by atoms with Gasteiger partial charge in [-0.1, -0.05) is 36.8 Å². The number of likely N-dealkylation sites (tertiary alicyclic amines) is 1. The van der Waals surface area contributed by atoms with Gasteiger partial charge in [0, 0.05) is 25.2 Å². The second-order valence-corrected chi connectivity index (χ2v) is 8.02. The number of hydrogen-bond acceptors (Lipinski definition) is 3. The maximum Gasteiger partial charge on any atom is 0.254 e. The standard InChI is InChI=1S/C23H28N4O/c1-5-27-22-21(17(4)25-27)19(23(28)26-12-6-7-16(3)14-26)13-20(24-22)18-10-8-15(2)9-11-18/h8-11,13,16H,5-7,12,14H2,1-4H3/t16-/m0/s1. The Kier molecular flexibility index (Phi) is 4.92. The number of aromatic nitrogens is 3. The SMILES string of the molecule is CCn1nc(C)c2c(C(=O)N3CCC[C@H](C)C3)cc(-c3ccc(C)cc3)nc21. The van der Waals surface area contributed by atoms with Gasteiger partial charge in [-0.3, -0.25) is 4.79 Å². The highest BCUT2D eigenvalue weighted by atomic mass is 16.2. The molecule has 0 radical (unpaired) electrons. The number of hydrogen-bond donors (Lipinski definition) is 0. The Hall–Kier alpha value is -2.69. The van der Waals surface area contributed by atoms with E-state index < -0.39 is 0 Å². The van der Waals surface area contributed by atoms with Gasteiger partial charge in [0.05, 0.1) is 22.3 Å². The van der Waals surface area contributed by atoms with Gasteiger partial charge in [-0.15, -0.1) is 0 Å². The van der Waals surface area contributed by atoms with E-state index in [1.165, 1.54) is 12.0 Å². The number of carbonyl (C=O) groups is 1. The van der Waals surface area contributed by atoms with E-state index in [2.05, 4.69) is 50.1 Å². The van der Waals surface area contributed by atoms with Crippen molar-refractivity contribution < 1.29 is 4.79 Å². The molecule has 1 saturated heterocycles. The van der Waals surface area contributed by atoms with Crippen LogP contribution in [0.4, 0.5) is 0 Å². The van der Waals surface area contributed by atoms with E-state index in [9.17, 15) is 4.79 Å². The van der Waals surface area contributed by atoms with Crippen molar-refractivity contribution in [1.29, 1.82) is 0 Å². The average molecular weight is 377 g/mol. The van der Waals surface area contributed by atoms with Crippen LogP contribution in [0.25, 0.3) is 22.3 Å². The van der Waals surface area contributed by atoms with Crippen molar-refractivity contribution in [3.8, 4) is 11.3 Å². The summed E-state index contributed by atoms with van der Waals surface area (Å²) in [6.07, 6.45) is 2.26. The summed E-state index contributed by atoms with van der Waals surface area (Å²) in [6.45, 7) is 10.7. The van der Waals surface area contributed by atoms with Crippen molar-refractivity contribution in [3.05, 3.63) is 47.2 Å². The molecule has 0 aliphatic carbocycles. The Morgan fingerprint density at radius 1 is 1.21 bits per heavy atom. The Bertz CT molecular complexity index is 1020. The molecule has 146 valence electrons. The summed E-state index contributed by atoms with van der Waals surface area (Å²) in [4.78, 5) is 20.4. The third-order valence-corrected chi connectivity index (χ3v) is 5.70. The average Bonchev–Trinajstić information content (AvgIpc) is 3.03. The molecule has 1 amide bonds. The van der Waals surface area contributed by atoms with Gasteiger partial charge in [0.25, 0.3) is 5.91 Å². The number of nitrogens with zero attached hydrogens (tertiary/aromatic N) is 4. The highest BCUT2D eigenvalue weighted by molar-refractivity contribution is 6.07. The summed E-state index contributed by atoms with van der Waals surface area (Å²) < 4.78 is 1.90. The van der Waals surface area contributed by atoms with E-state index >= 15 is 0 Å². The first kappa shape index (κ1) is 18.7. The van der Waals surface area contributed by atoms with Crippen LogP contribution < -0.4 is 0 Å². The monoisotopic (exact) mass is 376 g/mol. The van der Waals surface area contributed by atoms with Gasteiger partial charge in [-0.25, -0.2) is 9.67 Å². The molecule has 3 aromatic rings. The number of carbonyl (C=O) groups excluding carboxylic acids is 1. The molecule has 0 N–H and O–H groups in total. The highest BCUT2D eigenvalue weighted by Gasteiger charge is 2.26. The van der Waals surface area contributed by atoms with E-state index in [0.717, 1.165) is 59.6 Å². The molecule has 4 rings (SSSR count). The zero-order valence-electron chi connectivity index (χ0n) is 17.2. The van der Waals surface area contributed by atoms with Crippen LogP contribution in [0.5, 0.6) is 0 Å². The van der Waals surface area contributed by atoms with Gasteiger partial charge < -0.3 is 4.90 Å². The lowest BCUT2D eigenvalue weighted by atomic mass is 9.98. The van der Waals surface area contributed by atoms with Crippen LogP contribution in [-0.2, 0) is 6.54 Å². The molecule has 2 aromatic heterocycles. The summed E-state index contributed by atoms with van der Waals surface area (Å²) in [5.41, 5.74) is 5.45. The van der Waals surface area contributed by atoms with Crippen molar-refractivity contribution in [2.24, 2.45) is 5.92 Å². The zero-order valence-corrected chi connectivity index (χ0v) is 17.2. The van der Waals surface area contributed by atoms with E-state index in [0.29, 0.717) is 5.92 Å². The maximum absolute atomic E-state index is 13.5. The lowest BCUT2D eigenvalue weighted by Gasteiger charge is -2.31. The number of amides is 1. The van der Waals surface area contributed by atoms with E-state index in [4.69, 9.17) is 4.98 Å². The number of fused-ring (bicyclic) bond motifs is 1. The molecule has 28 heavy (non-hydrogen) atoms. The molecule has 5 heteroatoms. The van der Waals surface area contributed by atoms with Crippen LogP contribution in [0, 0.1) is 19.8 Å². The molecular weight excluding hydrogens is 348 g/mol. The molecule has 0 saturated carbocycles. The minimum Gasteiger partial charge on any atom is -0.338 e. The van der Waals surface area contributed by atoms with Crippen molar-refractivity contribution in [2.75, 3.05) is 13.1 Å². The first-order valence-corrected chi connectivity index (χ1v) is 10.2. The fourth-order valence-electron chi connectivity index (χ4n) is 4.16. The summed E-state index contributed by atoms with van der Waals surface area (Å²) in [7, 11) is 0. The van der Waals surface area contributed by atoms with E-state index in [1.54, 1.807) is 0 Å². The summed E-state index contributed by atoms with van der Waals surface area (Å²) in [6, 6.07) is 10.3. The van der Waals surface area contributed by atoms with Gasteiger partial charge >= 0.3 is 0 Å². The molecule has 1 aromatic carbocycles.